The van der Waals surface area contributed by atoms with E-state index < -0.39 is 5.82 Å². The highest BCUT2D eigenvalue weighted by Gasteiger charge is 2.15. The van der Waals surface area contributed by atoms with Crippen LogP contribution in [0.5, 0.6) is 5.75 Å². The molecule has 0 aliphatic carbocycles. The third-order valence-electron chi connectivity index (χ3n) is 3.15. The summed E-state index contributed by atoms with van der Waals surface area (Å²) in [5, 5.41) is 16.3. The lowest BCUT2D eigenvalue weighted by Crippen LogP contribution is -2.19. The SMILES string of the molecule is Cc1noc(C)c1C(C)NCc1ccc(O)c(F)c1. The topological polar surface area (TPSA) is 58.3 Å². The third kappa shape index (κ3) is 2.93. The van der Waals surface area contributed by atoms with Gasteiger partial charge in [-0.15, -0.1) is 0 Å². The molecule has 1 aromatic heterocycles. The summed E-state index contributed by atoms with van der Waals surface area (Å²) in [6, 6.07) is 4.42. The maximum absolute atomic E-state index is 13.2. The first kappa shape index (κ1) is 13.5. The molecule has 4 nitrogen and oxygen atoms in total. The highest BCUT2D eigenvalue weighted by Crippen LogP contribution is 2.22. The molecule has 1 atom stereocenters. The first-order valence-corrected chi connectivity index (χ1v) is 6.12. The van der Waals surface area contributed by atoms with Crippen LogP contribution in [0, 0.1) is 19.7 Å². The maximum atomic E-state index is 13.2. The Morgan fingerprint density at radius 1 is 1.42 bits per heavy atom. The van der Waals surface area contributed by atoms with Crippen LogP contribution in [-0.4, -0.2) is 10.3 Å². The van der Waals surface area contributed by atoms with E-state index in [1.807, 2.05) is 20.8 Å². The average Bonchev–Trinajstić information content (AvgIpc) is 2.70. The average molecular weight is 264 g/mol. The number of nitrogens with one attached hydrogen (secondary N) is 1. The predicted molar refractivity (Wildman–Crippen MR) is 69.3 cm³/mol. The molecule has 0 fully saturated rings. The molecule has 102 valence electrons. The zero-order chi connectivity index (χ0) is 14.0. The summed E-state index contributed by atoms with van der Waals surface area (Å²) >= 11 is 0. The van der Waals surface area contributed by atoms with Crippen LogP contribution in [0.15, 0.2) is 22.7 Å². The Hall–Kier alpha value is -1.88. The van der Waals surface area contributed by atoms with E-state index in [1.54, 1.807) is 6.07 Å². The summed E-state index contributed by atoms with van der Waals surface area (Å²) in [7, 11) is 0. The molecular formula is C14H17FN2O2. The third-order valence-corrected chi connectivity index (χ3v) is 3.15. The highest BCUT2D eigenvalue weighted by atomic mass is 19.1. The molecule has 0 saturated heterocycles. The smallest absolute Gasteiger partial charge is 0.165 e. The van der Waals surface area contributed by atoms with E-state index in [-0.39, 0.29) is 11.8 Å². The van der Waals surface area contributed by atoms with E-state index in [4.69, 9.17) is 9.63 Å². The fraction of sp³-hybridized carbons (Fsp3) is 0.357. The zero-order valence-electron chi connectivity index (χ0n) is 11.2. The van der Waals surface area contributed by atoms with Crippen LogP contribution >= 0.6 is 0 Å². The van der Waals surface area contributed by atoms with Crippen LogP contribution in [0.25, 0.3) is 0 Å². The van der Waals surface area contributed by atoms with Crippen LogP contribution in [0.2, 0.25) is 0 Å². The second-order valence-electron chi connectivity index (χ2n) is 4.63. The molecule has 1 unspecified atom stereocenters. The number of halogens is 1. The molecular weight excluding hydrogens is 247 g/mol. The Bertz CT molecular complexity index is 561. The number of benzene rings is 1. The van der Waals surface area contributed by atoms with Crippen molar-refractivity contribution in [2.24, 2.45) is 0 Å². The van der Waals surface area contributed by atoms with E-state index >= 15 is 0 Å². The Kier molecular flexibility index (Phi) is 3.85. The van der Waals surface area contributed by atoms with Crippen LogP contribution < -0.4 is 5.32 Å². The van der Waals surface area contributed by atoms with Crippen LogP contribution in [0.1, 0.15) is 35.5 Å². The number of aryl methyl sites for hydroxylation is 2. The summed E-state index contributed by atoms with van der Waals surface area (Å²) in [5.74, 6) is -0.152. The van der Waals surface area contributed by atoms with Gasteiger partial charge in [-0.3, -0.25) is 0 Å². The van der Waals surface area contributed by atoms with Gasteiger partial charge in [-0.25, -0.2) is 4.39 Å². The second-order valence-corrected chi connectivity index (χ2v) is 4.63. The van der Waals surface area contributed by atoms with Crippen molar-refractivity contribution in [3.05, 3.63) is 46.6 Å². The van der Waals surface area contributed by atoms with Crippen molar-refractivity contribution in [3.63, 3.8) is 0 Å². The number of rotatable bonds is 4. The molecule has 5 heteroatoms. The van der Waals surface area contributed by atoms with Crippen molar-refractivity contribution in [1.82, 2.24) is 10.5 Å². The standard InChI is InChI=1S/C14H17FN2O2/c1-8(14-9(2)17-19-10(14)3)16-7-11-4-5-13(18)12(15)6-11/h4-6,8,16,18H,7H2,1-3H3. The molecule has 1 heterocycles. The van der Waals surface area contributed by atoms with Crippen molar-refractivity contribution in [1.29, 1.82) is 0 Å². The van der Waals surface area contributed by atoms with E-state index in [9.17, 15) is 4.39 Å². The normalized spacial score (nSPS) is 12.6. The van der Waals surface area contributed by atoms with Crippen molar-refractivity contribution < 1.29 is 14.0 Å². The first-order valence-electron chi connectivity index (χ1n) is 6.12. The summed E-state index contributed by atoms with van der Waals surface area (Å²) in [5.41, 5.74) is 2.66. The van der Waals surface area contributed by atoms with Gasteiger partial charge in [-0.2, -0.15) is 0 Å². The summed E-state index contributed by atoms with van der Waals surface area (Å²) < 4.78 is 18.3. The minimum atomic E-state index is -0.607. The number of phenolic OH excluding ortho intramolecular Hbond substituents is 1. The van der Waals surface area contributed by atoms with Gasteiger partial charge in [-0.1, -0.05) is 11.2 Å². The van der Waals surface area contributed by atoms with Crippen molar-refractivity contribution in [3.8, 4) is 5.75 Å². The predicted octanol–water partition coefficient (Wildman–Crippen LogP) is 2.99. The molecule has 0 aliphatic rings. The summed E-state index contributed by atoms with van der Waals surface area (Å²) in [6.07, 6.45) is 0. The summed E-state index contributed by atoms with van der Waals surface area (Å²) in [4.78, 5) is 0. The molecule has 0 radical (unpaired) electrons. The van der Waals surface area contributed by atoms with Crippen LogP contribution in [0.4, 0.5) is 4.39 Å². The Morgan fingerprint density at radius 3 is 2.74 bits per heavy atom. The highest BCUT2D eigenvalue weighted by molar-refractivity contribution is 5.28. The molecule has 0 saturated carbocycles. The van der Waals surface area contributed by atoms with E-state index in [0.717, 1.165) is 22.6 Å². The molecule has 1 aromatic carbocycles. The van der Waals surface area contributed by atoms with Crippen molar-refractivity contribution in [2.75, 3.05) is 0 Å². The van der Waals surface area contributed by atoms with Gasteiger partial charge in [0.15, 0.2) is 11.6 Å². The first-order chi connectivity index (χ1) is 8.99. The van der Waals surface area contributed by atoms with Gasteiger partial charge >= 0.3 is 0 Å². The maximum Gasteiger partial charge on any atom is 0.165 e. The Balaban J connectivity index is 2.04. The number of phenols is 1. The molecule has 2 aromatic rings. The van der Waals surface area contributed by atoms with Gasteiger partial charge in [0.05, 0.1) is 5.69 Å². The van der Waals surface area contributed by atoms with Crippen LogP contribution in [0.3, 0.4) is 0 Å². The van der Waals surface area contributed by atoms with Crippen molar-refractivity contribution >= 4 is 0 Å². The molecule has 2 N–H and O–H groups in total. The lowest BCUT2D eigenvalue weighted by atomic mass is 10.1. The number of hydrogen-bond donors (Lipinski definition) is 2. The van der Waals surface area contributed by atoms with Gasteiger partial charge in [0.1, 0.15) is 5.76 Å². The second kappa shape index (κ2) is 5.40. The van der Waals surface area contributed by atoms with Gasteiger partial charge in [-0.05, 0) is 38.5 Å². The van der Waals surface area contributed by atoms with Crippen molar-refractivity contribution in [2.45, 2.75) is 33.4 Å². The number of nitrogens with zero attached hydrogens (tertiary/aromatic N) is 1. The summed E-state index contributed by atoms with van der Waals surface area (Å²) in [6.45, 7) is 6.27. The fourth-order valence-corrected chi connectivity index (χ4v) is 2.14. The van der Waals surface area contributed by atoms with E-state index in [2.05, 4.69) is 10.5 Å². The molecule has 19 heavy (non-hydrogen) atoms. The molecule has 0 aliphatic heterocycles. The minimum Gasteiger partial charge on any atom is -0.505 e. The van der Waals surface area contributed by atoms with Gasteiger partial charge < -0.3 is 14.9 Å². The monoisotopic (exact) mass is 264 g/mol. The molecule has 0 bridgehead atoms. The van der Waals surface area contributed by atoms with E-state index in [1.165, 1.54) is 12.1 Å². The van der Waals surface area contributed by atoms with Gasteiger partial charge in [0.2, 0.25) is 0 Å². The number of aromatic hydroxyl groups is 1. The quantitative estimate of drug-likeness (QED) is 0.891. The molecule has 0 amide bonds. The zero-order valence-corrected chi connectivity index (χ0v) is 11.2. The lowest BCUT2D eigenvalue weighted by molar-refractivity contribution is 0.390. The number of aromatic nitrogens is 1. The molecule has 0 spiro atoms. The Labute approximate surface area is 111 Å². The molecule has 2 rings (SSSR count). The van der Waals surface area contributed by atoms with Gasteiger partial charge in [0, 0.05) is 18.2 Å². The van der Waals surface area contributed by atoms with Crippen LogP contribution in [-0.2, 0) is 6.54 Å². The lowest BCUT2D eigenvalue weighted by Gasteiger charge is -2.13. The van der Waals surface area contributed by atoms with E-state index in [0.29, 0.717) is 6.54 Å². The van der Waals surface area contributed by atoms with Gasteiger partial charge in [0.25, 0.3) is 0 Å². The largest absolute Gasteiger partial charge is 0.505 e. The Morgan fingerprint density at radius 2 is 2.16 bits per heavy atom. The fourth-order valence-electron chi connectivity index (χ4n) is 2.14. The minimum absolute atomic E-state index is 0.0584. The number of hydrogen-bond acceptors (Lipinski definition) is 4.